The van der Waals surface area contributed by atoms with Crippen molar-refractivity contribution in [1.82, 2.24) is 9.80 Å². The van der Waals surface area contributed by atoms with E-state index < -0.39 is 0 Å². The van der Waals surface area contributed by atoms with Crippen molar-refractivity contribution in [3.63, 3.8) is 0 Å². The molecule has 0 unspecified atom stereocenters. The maximum absolute atomic E-state index is 12.3. The molecule has 6 heteroatoms. The molecular weight excluding hydrogens is 272 g/mol. The van der Waals surface area contributed by atoms with Gasteiger partial charge in [0.1, 0.15) is 10.6 Å². The molecule has 100 valence electrons. The number of nitrogens with zero attached hydrogens (tertiary/aromatic N) is 2. The fraction of sp³-hybridized carbons (Fsp3) is 0.583. The molecule has 0 atom stereocenters. The molecule has 1 amide bonds. The summed E-state index contributed by atoms with van der Waals surface area (Å²) in [6, 6.07) is 1.83. The molecule has 0 aliphatic carbocycles. The van der Waals surface area contributed by atoms with E-state index >= 15 is 0 Å². The minimum Gasteiger partial charge on any atom is -0.495 e. The molecule has 4 nitrogen and oxygen atoms in total. The Labute approximate surface area is 116 Å². The molecule has 2 heterocycles. The first-order chi connectivity index (χ1) is 8.76. The van der Waals surface area contributed by atoms with Gasteiger partial charge in [-0.25, -0.2) is 0 Å². The minimum atomic E-state index is 0.0763. The third-order valence-corrected chi connectivity index (χ3v) is 4.16. The zero-order valence-electron chi connectivity index (χ0n) is 10.4. The summed E-state index contributed by atoms with van der Waals surface area (Å²) in [4.78, 5) is 17.2. The van der Waals surface area contributed by atoms with Gasteiger partial charge in [-0.3, -0.25) is 9.69 Å². The van der Waals surface area contributed by atoms with Crippen molar-refractivity contribution >= 4 is 28.8 Å². The first kappa shape index (κ1) is 13.6. The number of hydrogen-bond donors (Lipinski definition) is 0. The highest BCUT2D eigenvalue weighted by Crippen LogP contribution is 2.26. The number of carbonyl (C=O) groups excluding carboxylic acids is 1. The highest BCUT2D eigenvalue weighted by atomic mass is 35.5. The summed E-state index contributed by atoms with van der Waals surface area (Å²) in [5, 5.41) is 1.88. The summed E-state index contributed by atoms with van der Waals surface area (Å²) in [5.74, 6) is 1.40. The maximum atomic E-state index is 12.3. The average Bonchev–Trinajstić information content (AvgIpc) is 2.87. The number of carbonyl (C=O) groups is 1. The zero-order valence-corrected chi connectivity index (χ0v) is 12.0. The van der Waals surface area contributed by atoms with Crippen molar-refractivity contribution in [2.24, 2.45) is 0 Å². The monoisotopic (exact) mass is 288 g/mol. The largest absolute Gasteiger partial charge is 0.495 e. The molecule has 0 bridgehead atoms. The molecule has 1 aliphatic rings. The highest BCUT2D eigenvalue weighted by molar-refractivity contribution is 7.12. The molecule has 0 saturated carbocycles. The van der Waals surface area contributed by atoms with Crippen LogP contribution >= 0.6 is 22.9 Å². The lowest BCUT2D eigenvalue weighted by atomic mass is 10.3. The number of ether oxygens (including phenoxy) is 1. The second kappa shape index (κ2) is 6.41. The number of hydrogen-bond acceptors (Lipinski definition) is 4. The molecule has 1 fully saturated rings. The Morgan fingerprint density at radius 3 is 2.78 bits per heavy atom. The first-order valence-corrected chi connectivity index (χ1v) is 7.36. The zero-order chi connectivity index (χ0) is 13.0. The van der Waals surface area contributed by atoms with Crippen molar-refractivity contribution in [2.75, 3.05) is 45.7 Å². The van der Waals surface area contributed by atoms with Crippen LogP contribution in [0.4, 0.5) is 0 Å². The van der Waals surface area contributed by atoms with Crippen LogP contribution in [-0.2, 0) is 0 Å². The Morgan fingerprint density at radius 1 is 1.44 bits per heavy atom. The van der Waals surface area contributed by atoms with Crippen LogP contribution in [0.25, 0.3) is 0 Å². The van der Waals surface area contributed by atoms with Crippen LogP contribution in [0.15, 0.2) is 11.4 Å². The van der Waals surface area contributed by atoms with E-state index in [2.05, 4.69) is 4.90 Å². The van der Waals surface area contributed by atoms with Gasteiger partial charge >= 0.3 is 0 Å². The van der Waals surface area contributed by atoms with Crippen LogP contribution < -0.4 is 4.74 Å². The lowest BCUT2D eigenvalue weighted by molar-refractivity contribution is 0.0646. The molecule has 0 aromatic carbocycles. The Balaban J connectivity index is 1.95. The third kappa shape index (κ3) is 2.96. The number of rotatable bonds is 4. The lowest BCUT2D eigenvalue weighted by Crippen LogP contribution is -2.49. The van der Waals surface area contributed by atoms with Gasteiger partial charge in [0.05, 0.1) is 7.11 Å². The molecule has 2 rings (SSSR count). The molecule has 0 N–H and O–H groups in total. The van der Waals surface area contributed by atoms with Crippen molar-refractivity contribution in [3.05, 3.63) is 16.3 Å². The van der Waals surface area contributed by atoms with Crippen molar-refractivity contribution in [1.29, 1.82) is 0 Å². The van der Waals surface area contributed by atoms with Gasteiger partial charge in [0, 0.05) is 38.6 Å². The average molecular weight is 289 g/mol. The van der Waals surface area contributed by atoms with E-state index in [-0.39, 0.29) is 5.91 Å². The normalized spacial score (nSPS) is 16.9. The number of thiophene rings is 1. The molecule has 1 aromatic heterocycles. The summed E-state index contributed by atoms with van der Waals surface area (Å²) in [6.45, 7) is 4.21. The van der Waals surface area contributed by atoms with E-state index in [0.29, 0.717) is 16.5 Å². The number of halogens is 1. The molecule has 0 radical (unpaired) electrons. The van der Waals surface area contributed by atoms with E-state index in [1.807, 2.05) is 16.3 Å². The van der Waals surface area contributed by atoms with Crippen LogP contribution in [0.1, 0.15) is 9.67 Å². The van der Waals surface area contributed by atoms with Gasteiger partial charge < -0.3 is 9.64 Å². The molecule has 18 heavy (non-hydrogen) atoms. The predicted octanol–water partition coefficient (Wildman–Crippen LogP) is 1.75. The first-order valence-electron chi connectivity index (χ1n) is 5.95. The quantitative estimate of drug-likeness (QED) is 0.792. The molecular formula is C12H17ClN2O2S. The van der Waals surface area contributed by atoms with E-state index in [1.54, 1.807) is 7.11 Å². The summed E-state index contributed by atoms with van der Waals surface area (Å²) in [7, 11) is 1.59. The Kier molecular flexibility index (Phi) is 4.86. The Hall–Kier alpha value is -0.780. The smallest absolute Gasteiger partial charge is 0.267 e. The fourth-order valence-corrected chi connectivity index (χ4v) is 3.12. The SMILES string of the molecule is COc1ccsc1C(=O)N1CCN(CCCl)CC1. The number of amides is 1. The Bertz CT molecular complexity index is 403. The third-order valence-electron chi connectivity index (χ3n) is 3.10. The van der Waals surface area contributed by atoms with Crippen molar-refractivity contribution in [3.8, 4) is 5.75 Å². The highest BCUT2D eigenvalue weighted by Gasteiger charge is 2.24. The Morgan fingerprint density at radius 2 is 2.17 bits per heavy atom. The van der Waals surface area contributed by atoms with Gasteiger partial charge in [-0.2, -0.15) is 0 Å². The lowest BCUT2D eigenvalue weighted by Gasteiger charge is -2.34. The summed E-state index contributed by atoms with van der Waals surface area (Å²) in [6.07, 6.45) is 0. The topological polar surface area (TPSA) is 32.8 Å². The van der Waals surface area contributed by atoms with Crippen LogP contribution in [0.5, 0.6) is 5.75 Å². The summed E-state index contributed by atoms with van der Waals surface area (Å²) < 4.78 is 5.19. The summed E-state index contributed by atoms with van der Waals surface area (Å²) in [5.41, 5.74) is 0. The van der Waals surface area contributed by atoms with Crippen molar-refractivity contribution in [2.45, 2.75) is 0 Å². The van der Waals surface area contributed by atoms with E-state index in [0.717, 1.165) is 32.7 Å². The van der Waals surface area contributed by atoms with Gasteiger partial charge in [-0.1, -0.05) is 0 Å². The molecule has 1 saturated heterocycles. The number of methoxy groups -OCH3 is 1. The summed E-state index contributed by atoms with van der Waals surface area (Å²) >= 11 is 7.15. The van der Waals surface area contributed by atoms with Crippen LogP contribution in [0, 0.1) is 0 Å². The fourth-order valence-electron chi connectivity index (χ4n) is 2.05. The van der Waals surface area contributed by atoms with Crippen LogP contribution in [-0.4, -0.2) is 61.4 Å². The molecule has 1 aromatic rings. The predicted molar refractivity (Wildman–Crippen MR) is 73.9 cm³/mol. The van der Waals surface area contributed by atoms with Crippen LogP contribution in [0.3, 0.4) is 0 Å². The van der Waals surface area contributed by atoms with E-state index in [4.69, 9.17) is 16.3 Å². The second-order valence-corrected chi connectivity index (χ2v) is 5.44. The second-order valence-electron chi connectivity index (χ2n) is 4.14. The maximum Gasteiger partial charge on any atom is 0.267 e. The van der Waals surface area contributed by atoms with E-state index in [1.165, 1.54) is 11.3 Å². The van der Waals surface area contributed by atoms with Crippen molar-refractivity contribution < 1.29 is 9.53 Å². The minimum absolute atomic E-state index is 0.0763. The standard InChI is InChI=1S/C12H17ClN2O2S/c1-17-10-2-9-18-11(10)12(16)15-7-5-14(4-3-13)6-8-15/h2,9H,3-8H2,1H3. The molecule has 0 spiro atoms. The molecule has 1 aliphatic heterocycles. The van der Waals surface area contributed by atoms with Crippen LogP contribution in [0.2, 0.25) is 0 Å². The van der Waals surface area contributed by atoms with Gasteiger partial charge in [0.15, 0.2) is 0 Å². The van der Waals surface area contributed by atoms with Gasteiger partial charge in [0.2, 0.25) is 0 Å². The van der Waals surface area contributed by atoms with E-state index in [9.17, 15) is 4.79 Å². The van der Waals surface area contributed by atoms with Gasteiger partial charge in [-0.15, -0.1) is 22.9 Å². The number of alkyl halides is 1. The van der Waals surface area contributed by atoms with Gasteiger partial charge in [0.25, 0.3) is 5.91 Å². The van der Waals surface area contributed by atoms with Gasteiger partial charge in [-0.05, 0) is 11.4 Å². The number of piperazine rings is 1.